The minimum Gasteiger partial charge on any atom is -0.482 e. The van der Waals surface area contributed by atoms with Gasteiger partial charge in [0.15, 0.2) is 11.9 Å². The molecule has 98 valence electrons. The molecule has 1 rings (SSSR count). The van der Waals surface area contributed by atoms with Crippen LogP contribution in [-0.4, -0.2) is 30.9 Å². The summed E-state index contributed by atoms with van der Waals surface area (Å²) in [7, 11) is 3.73. The maximum absolute atomic E-state index is 11.9. The average Bonchev–Trinajstić information content (AvgIpc) is 2.35. The molecule has 0 amide bonds. The van der Waals surface area contributed by atoms with Gasteiger partial charge in [-0.25, -0.2) is 0 Å². The lowest BCUT2D eigenvalue weighted by Crippen LogP contribution is -2.25. The Morgan fingerprint density at radius 1 is 1.39 bits per heavy atom. The molecule has 0 heterocycles. The molecule has 1 aromatic rings. The average molecular weight is 268 g/mol. The minimum atomic E-state index is -0.456. The second-order valence-electron chi connectivity index (χ2n) is 4.15. The summed E-state index contributed by atoms with van der Waals surface area (Å²) in [5, 5.41) is 0.647. The molecule has 1 aromatic carbocycles. The molecule has 0 aliphatic heterocycles. The van der Waals surface area contributed by atoms with E-state index in [0.29, 0.717) is 17.2 Å². The maximum Gasteiger partial charge on any atom is 0.197 e. The van der Waals surface area contributed by atoms with Crippen molar-refractivity contribution in [1.82, 2.24) is 4.90 Å². The molecular formula is C14H18ClNO2. The van der Waals surface area contributed by atoms with Crippen molar-refractivity contribution in [3.63, 3.8) is 0 Å². The number of carbonyl (C=O) groups excluding carboxylic acids is 1. The predicted molar refractivity (Wildman–Crippen MR) is 74.0 cm³/mol. The van der Waals surface area contributed by atoms with Gasteiger partial charge in [0.25, 0.3) is 0 Å². The van der Waals surface area contributed by atoms with E-state index in [1.807, 2.05) is 25.9 Å². The fraction of sp³-hybridized carbons (Fsp3) is 0.357. The van der Waals surface area contributed by atoms with Gasteiger partial charge in [-0.1, -0.05) is 18.5 Å². The van der Waals surface area contributed by atoms with E-state index in [2.05, 4.69) is 0 Å². The first-order chi connectivity index (χ1) is 8.52. The van der Waals surface area contributed by atoms with Crippen LogP contribution in [0, 0.1) is 0 Å². The van der Waals surface area contributed by atoms with Gasteiger partial charge in [0.2, 0.25) is 0 Å². The van der Waals surface area contributed by atoms with Crippen molar-refractivity contribution < 1.29 is 9.53 Å². The largest absolute Gasteiger partial charge is 0.482 e. The molecular weight excluding hydrogens is 250 g/mol. The topological polar surface area (TPSA) is 29.5 Å². The first-order valence-corrected chi connectivity index (χ1v) is 6.21. The number of hydrogen-bond acceptors (Lipinski definition) is 3. The molecule has 0 bridgehead atoms. The summed E-state index contributed by atoms with van der Waals surface area (Å²) in [6.07, 6.45) is 3.42. The zero-order chi connectivity index (χ0) is 13.5. The summed E-state index contributed by atoms with van der Waals surface area (Å²) >= 11 is 5.79. The number of hydrogen-bond donors (Lipinski definition) is 0. The third-order valence-electron chi connectivity index (χ3n) is 2.32. The zero-order valence-electron chi connectivity index (χ0n) is 10.9. The summed E-state index contributed by atoms with van der Waals surface area (Å²) in [6.45, 7) is 1.92. The molecule has 0 aliphatic carbocycles. The Morgan fingerprint density at radius 2 is 2.00 bits per heavy atom. The summed E-state index contributed by atoms with van der Waals surface area (Å²) in [5.41, 5.74) is 0. The molecule has 0 radical (unpaired) electrons. The molecule has 0 aliphatic rings. The molecule has 0 saturated heterocycles. The third-order valence-corrected chi connectivity index (χ3v) is 2.57. The summed E-state index contributed by atoms with van der Waals surface area (Å²) in [6, 6.07) is 7.00. The van der Waals surface area contributed by atoms with Gasteiger partial charge in [0.05, 0.1) is 0 Å². The van der Waals surface area contributed by atoms with E-state index in [0.717, 1.165) is 0 Å². The molecule has 4 heteroatoms. The van der Waals surface area contributed by atoms with Gasteiger partial charge in [-0.2, -0.15) is 0 Å². The number of ketones is 1. The highest BCUT2D eigenvalue weighted by Gasteiger charge is 2.15. The van der Waals surface area contributed by atoms with Crippen molar-refractivity contribution in [2.45, 2.75) is 19.4 Å². The van der Waals surface area contributed by atoms with Gasteiger partial charge >= 0.3 is 0 Å². The molecule has 3 nitrogen and oxygen atoms in total. The van der Waals surface area contributed by atoms with Crippen LogP contribution in [0.4, 0.5) is 0 Å². The second kappa shape index (κ2) is 7.07. The van der Waals surface area contributed by atoms with E-state index >= 15 is 0 Å². The van der Waals surface area contributed by atoms with Crippen LogP contribution in [0.25, 0.3) is 0 Å². The Labute approximate surface area is 113 Å². The van der Waals surface area contributed by atoms with E-state index in [4.69, 9.17) is 16.3 Å². The Bertz CT molecular complexity index is 412. The van der Waals surface area contributed by atoms with E-state index < -0.39 is 6.10 Å². The van der Waals surface area contributed by atoms with Crippen molar-refractivity contribution in [1.29, 1.82) is 0 Å². The van der Waals surface area contributed by atoms with Crippen LogP contribution in [0.2, 0.25) is 5.02 Å². The number of ether oxygens (including phenoxy) is 1. The van der Waals surface area contributed by atoms with Gasteiger partial charge in [0, 0.05) is 31.4 Å². The molecule has 0 aromatic heterocycles. The number of halogens is 1. The van der Waals surface area contributed by atoms with Crippen molar-refractivity contribution in [3.8, 4) is 5.75 Å². The van der Waals surface area contributed by atoms with Gasteiger partial charge < -0.3 is 9.64 Å². The Morgan fingerprint density at radius 3 is 2.50 bits per heavy atom. The van der Waals surface area contributed by atoms with Crippen LogP contribution >= 0.6 is 11.6 Å². The van der Waals surface area contributed by atoms with E-state index in [1.54, 1.807) is 30.5 Å². The molecule has 18 heavy (non-hydrogen) atoms. The standard InChI is InChI=1S/C14H18ClNO2/c1-4-14(13(17)9-10-16(2)3)18-12-7-5-11(15)6-8-12/h5-10,14H,4H2,1-3H3. The van der Waals surface area contributed by atoms with Crippen LogP contribution in [0.1, 0.15) is 13.3 Å². The lowest BCUT2D eigenvalue weighted by Gasteiger charge is -2.15. The number of rotatable bonds is 6. The van der Waals surface area contributed by atoms with Crippen molar-refractivity contribution in [2.24, 2.45) is 0 Å². The number of nitrogens with zero attached hydrogens (tertiary/aromatic N) is 1. The molecule has 0 N–H and O–H groups in total. The van der Waals surface area contributed by atoms with Gasteiger partial charge in [-0.15, -0.1) is 0 Å². The van der Waals surface area contributed by atoms with Crippen molar-refractivity contribution in [2.75, 3.05) is 14.1 Å². The molecule has 0 fully saturated rings. The Kier molecular flexibility index (Phi) is 5.72. The maximum atomic E-state index is 11.9. The highest BCUT2D eigenvalue weighted by atomic mass is 35.5. The van der Waals surface area contributed by atoms with Crippen molar-refractivity contribution >= 4 is 17.4 Å². The fourth-order valence-electron chi connectivity index (χ4n) is 1.35. The van der Waals surface area contributed by atoms with Crippen molar-refractivity contribution in [3.05, 3.63) is 41.6 Å². The Balaban J connectivity index is 2.67. The first-order valence-electron chi connectivity index (χ1n) is 5.83. The summed E-state index contributed by atoms with van der Waals surface area (Å²) < 4.78 is 5.63. The number of benzene rings is 1. The quantitative estimate of drug-likeness (QED) is 0.742. The Hall–Kier alpha value is -1.48. The lowest BCUT2D eigenvalue weighted by molar-refractivity contribution is -0.121. The second-order valence-corrected chi connectivity index (χ2v) is 4.59. The summed E-state index contributed by atoms with van der Waals surface area (Å²) in [4.78, 5) is 13.7. The van der Waals surface area contributed by atoms with Crippen LogP contribution in [-0.2, 0) is 4.79 Å². The highest BCUT2D eigenvalue weighted by molar-refractivity contribution is 6.30. The van der Waals surface area contributed by atoms with Gasteiger partial charge in [-0.3, -0.25) is 4.79 Å². The fourth-order valence-corrected chi connectivity index (χ4v) is 1.48. The predicted octanol–water partition coefficient (Wildman–Crippen LogP) is 3.14. The SMILES string of the molecule is CCC(Oc1ccc(Cl)cc1)C(=O)C=CN(C)C. The number of carbonyl (C=O) groups is 1. The lowest BCUT2D eigenvalue weighted by atomic mass is 10.2. The van der Waals surface area contributed by atoms with E-state index in [-0.39, 0.29) is 5.78 Å². The summed E-state index contributed by atoms with van der Waals surface area (Å²) in [5.74, 6) is 0.610. The highest BCUT2D eigenvalue weighted by Crippen LogP contribution is 2.18. The smallest absolute Gasteiger partial charge is 0.197 e. The van der Waals surface area contributed by atoms with Crippen LogP contribution in [0.5, 0.6) is 5.75 Å². The van der Waals surface area contributed by atoms with E-state index in [1.165, 1.54) is 6.08 Å². The first kappa shape index (κ1) is 14.6. The zero-order valence-corrected chi connectivity index (χ0v) is 11.6. The monoisotopic (exact) mass is 267 g/mol. The molecule has 1 atom stereocenters. The van der Waals surface area contributed by atoms with Crippen LogP contribution in [0.15, 0.2) is 36.5 Å². The van der Waals surface area contributed by atoms with Gasteiger partial charge in [0.1, 0.15) is 5.75 Å². The third kappa shape index (κ3) is 4.80. The van der Waals surface area contributed by atoms with Crippen LogP contribution in [0.3, 0.4) is 0 Å². The molecule has 0 spiro atoms. The normalized spacial score (nSPS) is 12.4. The van der Waals surface area contributed by atoms with Gasteiger partial charge in [-0.05, 0) is 30.7 Å². The van der Waals surface area contributed by atoms with Crippen LogP contribution < -0.4 is 4.74 Å². The molecule has 1 unspecified atom stereocenters. The van der Waals surface area contributed by atoms with E-state index in [9.17, 15) is 4.79 Å². The molecule has 0 saturated carbocycles. The minimum absolute atomic E-state index is 0.0406.